The van der Waals surface area contributed by atoms with Gasteiger partial charge in [-0.05, 0) is 66.9 Å². The molecular formula is C27H25N3O5S. The second kappa shape index (κ2) is 9.50. The number of aliphatic carboxylic acids is 1. The minimum Gasteiger partial charge on any atom is -0.486 e. The minimum absolute atomic E-state index is 0.0266. The van der Waals surface area contributed by atoms with Crippen molar-refractivity contribution in [1.82, 2.24) is 9.61 Å². The first-order chi connectivity index (χ1) is 17.3. The van der Waals surface area contributed by atoms with Crippen molar-refractivity contribution in [1.29, 1.82) is 0 Å². The highest BCUT2D eigenvalue weighted by molar-refractivity contribution is 7.92. The molecule has 0 fully saturated rings. The van der Waals surface area contributed by atoms with Crippen LogP contribution in [0.1, 0.15) is 29.5 Å². The Morgan fingerprint density at radius 1 is 1.14 bits per heavy atom. The second-order valence-electron chi connectivity index (χ2n) is 8.71. The quantitative estimate of drug-likeness (QED) is 0.395. The molecule has 1 aliphatic heterocycles. The molecular weight excluding hydrogens is 478 g/mol. The Kier molecular flexibility index (Phi) is 6.24. The van der Waals surface area contributed by atoms with Gasteiger partial charge in [0.05, 0.1) is 22.6 Å². The lowest BCUT2D eigenvalue weighted by atomic mass is 10.1. The molecule has 0 saturated carbocycles. The number of hydrogen-bond acceptors (Lipinski definition) is 5. The van der Waals surface area contributed by atoms with E-state index in [9.17, 15) is 13.2 Å². The summed E-state index contributed by atoms with van der Waals surface area (Å²) in [5.41, 5.74) is 3.99. The Morgan fingerprint density at radius 3 is 2.81 bits per heavy atom. The molecule has 4 aromatic rings. The van der Waals surface area contributed by atoms with Crippen LogP contribution in [0.15, 0.2) is 78.0 Å². The van der Waals surface area contributed by atoms with E-state index in [4.69, 9.17) is 9.84 Å². The van der Waals surface area contributed by atoms with Gasteiger partial charge in [0.15, 0.2) is 0 Å². The zero-order valence-electron chi connectivity index (χ0n) is 19.6. The Balaban J connectivity index is 1.53. The topological polar surface area (TPSA) is 101 Å². The van der Waals surface area contributed by atoms with Gasteiger partial charge in [-0.1, -0.05) is 30.4 Å². The third-order valence-corrected chi connectivity index (χ3v) is 7.87. The van der Waals surface area contributed by atoms with Crippen molar-refractivity contribution in [2.75, 3.05) is 10.8 Å². The molecule has 5 rings (SSSR count). The molecule has 0 aliphatic carbocycles. The molecule has 8 nitrogen and oxygen atoms in total. The van der Waals surface area contributed by atoms with Crippen LogP contribution in [0, 0.1) is 6.92 Å². The first kappa shape index (κ1) is 23.6. The highest BCUT2D eigenvalue weighted by Gasteiger charge is 2.34. The molecule has 0 unspecified atom stereocenters. The lowest BCUT2D eigenvalue weighted by Gasteiger charge is -2.35. The smallest absolute Gasteiger partial charge is 0.303 e. The number of carboxylic acid groups (broad SMARTS) is 1. The number of rotatable bonds is 7. The molecule has 1 N–H and O–H groups in total. The number of aromatic nitrogens is 2. The van der Waals surface area contributed by atoms with E-state index in [1.807, 2.05) is 55.6 Å². The summed E-state index contributed by atoms with van der Waals surface area (Å²) in [4.78, 5) is 11.3. The van der Waals surface area contributed by atoms with Gasteiger partial charge in [-0.3, -0.25) is 9.10 Å². The number of ether oxygens (including phenoxy) is 1. The Morgan fingerprint density at radius 2 is 2.00 bits per heavy atom. The summed E-state index contributed by atoms with van der Waals surface area (Å²) < 4.78 is 36.6. The van der Waals surface area contributed by atoms with E-state index in [0.29, 0.717) is 11.4 Å². The molecule has 9 heteroatoms. The van der Waals surface area contributed by atoms with Gasteiger partial charge in [0, 0.05) is 24.4 Å². The number of aryl methyl sites for hydroxylation is 1. The maximum atomic E-state index is 13.7. The van der Waals surface area contributed by atoms with Crippen molar-refractivity contribution in [2.45, 2.75) is 30.8 Å². The normalized spacial score (nSPS) is 15.7. The van der Waals surface area contributed by atoms with Crippen LogP contribution in [-0.4, -0.2) is 41.8 Å². The number of hydrogen-bond donors (Lipinski definition) is 1. The number of anilines is 1. The number of benzene rings is 2. The molecule has 0 bridgehead atoms. The van der Waals surface area contributed by atoms with Crippen molar-refractivity contribution in [3.8, 4) is 5.75 Å². The first-order valence-corrected chi connectivity index (χ1v) is 13.0. The summed E-state index contributed by atoms with van der Waals surface area (Å²) in [6.45, 7) is 1.87. The van der Waals surface area contributed by atoms with Crippen LogP contribution >= 0.6 is 0 Å². The fourth-order valence-electron chi connectivity index (χ4n) is 4.30. The van der Waals surface area contributed by atoms with Crippen LogP contribution in [0.4, 0.5) is 5.69 Å². The van der Waals surface area contributed by atoms with E-state index in [0.717, 1.165) is 22.2 Å². The summed E-state index contributed by atoms with van der Waals surface area (Å²) in [6.07, 6.45) is 6.98. The molecule has 184 valence electrons. The van der Waals surface area contributed by atoms with E-state index >= 15 is 0 Å². The number of carbonyl (C=O) groups is 1. The van der Waals surface area contributed by atoms with Crippen LogP contribution < -0.4 is 9.04 Å². The zero-order valence-corrected chi connectivity index (χ0v) is 20.4. The van der Waals surface area contributed by atoms with Crippen molar-refractivity contribution in [3.05, 3.63) is 89.7 Å². The summed E-state index contributed by atoms with van der Waals surface area (Å²) >= 11 is 0. The van der Waals surface area contributed by atoms with E-state index in [-0.39, 0.29) is 24.3 Å². The summed E-state index contributed by atoms with van der Waals surface area (Å²) in [7, 11) is -3.90. The van der Waals surface area contributed by atoms with Crippen molar-refractivity contribution < 1.29 is 23.1 Å². The van der Waals surface area contributed by atoms with E-state index in [2.05, 4.69) is 5.10 Å². The number of fused-ring (bicyclic) bond motifs is 2. The maximum absolute atomic E-state index is 13.7. The fourth-order valence-corrected chi connectivity index (χ4v) is 5.90. The van der Waals surface area contributed by atoms with Crippen molar-refractivity contribution >= 4 is 39.3 Å². The van der Waals surface area contributed by atoms with Gasteiger partial charge in [-0.25, -0.2) is 12.9 Å². The lowest BCUT2D eigenvalue weighted by molar-refractivity contribution is -0.137. The predicted octanol–water partition coefficient (Wildman–Crippen LogP) is 4.63. The predicted molar refractivity (Wildman–Crippen MR) is 138 cm³/mol. The maximum Gasteiger partial charge on any atom is 0.303 e. The van der Waals surface area contributed by atoms with E-state index in [1.165, 1.54) is 4.31 Å². The molecule has 0 saturated heterocycles. The van der Waals surface area contributed by atoms with Gasteiger partial charge in [-0.15, -0.1) is 0 Å². The first-order valence-electron chi connectivity index (χ1n) is 11.5. The van der Waals surface area contributed by atoms with Crippen LogP contribution in [0.25, 0.3) is 17.7 Å². The molecule has 0 radical (unpaired) electrons. The summed E-state index contributed by atoms with van der Waals surface area (Å²) in [5.74, 6) is -0.547. The second-order valence-corrected chi connectivity index (χ2v) is 10.6. The third kappa shape index (κ3) is 4.70. The van der Waals surface area contributed by atoms with E-state index < -0.39 is 22.1 Å². The fraction of sp³-hybridized carbons (Fsp3) is 0.185. The van der Waals surface area contributed by atoms with Crippen LogP contribution in [0.2, 0.25) is 0 Å². The summed E-state index contributed by atoms with van der Waals surface area (Å²) in [5, 5.41) is 13.4. The third-order valence-electron chi connectivity index (χ3n) is 6.10. The highest BCUT2D eigenvalue weighted by Crippen LogP contribution is 2.39. The van der Waals surface area contributed by atoms with Crippen LogP contribution in [0.3, 0.4) is 0 Å². The van der Waals surface area contributed by atoms with Gasteiger partial charge >= 0.3 is 5.97 Å². The monoisotopic (exact) mass is 503 g/mol. The molecule has 1 atom stereocenters. The zero-order chi connectivity index (χ0) is 25.3. The van der Waals surface area contributed by atoms with Gasteiger partial charge in [0.25, 0.3) is 10.0 Å². The SMILES string of the molecule is Cc1cccc(S(=O)(=O)N2C[C@H](CCC(=O)O)Oc3ccc(/C=C/c4ccnn5cccc45)cc32)c1. The van der Waals surface area contributed by atoms with Gasteiger partial charge in [-0.2, -0.15) is 5.10 Å². The van der Waals surface area contributed by atoms with Gasteiger partial charge < -0.3 is 9.84 Å². The number of carboxylic acids is 1. The Hall–Kier alpha value is -4.11. The van der Waals surface area contributed by atoms with Gasteiger partial charge in [0.1, 0.15) is 11.9 Å². The van der Waals surface area contributed by atoms with E-state index in [1.54, 1.807) is 41.0 Å². The molecule has 1 aliphatic rings. The average Bonchev–Trinajstić information content (AvgIpc) is 3.35. The number of sulfonamides is 1. The van der Waals surface area contributed by atoms with Crippen molar-refractivity contribution in [2.24, 2.45) is 0 Å². The average molecular weight is 504 g/mol. The lowest BCUT2D eigenvalue weighted by Crippen LogP contribution is -2.43. The van der Waals surface area contributed by atoms with Crippen molar-refractivity contribution in [3.63, 3.8) is 0 Å². The molecule has 2 aromatic heterocycles. The largest absolute Gasteiger partial charge is 0.486 e. The molecule has 3 heterocycles. The summed E-state index contributed by atoms with van der Waals surface area (Å²) in [6, 6.07) is 17.9. The van der Waals surface area contributed by atoms with Crippen LogP contribution in [0.5, 0.6) is 5.75 Å². The van der Waals surface area contributed by atoms with Gasteiger partial charge in [0.2, 0.25) is 0 Å². The Labute approximate surface area is 209 Å². The molecule has 0 amide bonds. The Bertz CT molecular complexity index is 1580. The molecule has 2 aromatic carbocycles. The highest BCUT2D eigenvalue weighted by atomic mass is 32.2. The number of nitrogens with zero attached hydrogens (tertiary/aromatic N) is 3. The molecule has 36 heavy (non-hydrogen) atoms. The standard InChI is InChI=1S/C27H25N3O5S/c1-19-4-2-5-23(16-19)36(33,34)30-18-22(10-12-27(31)32)35-26-11-8-20(17-25(26)30)7-9-21-13-14-28-29-15-3-6-24(21)29/h2-9,11,13-17,22H,10,12,18H2,1H3,(H,31,32)/b9-7+/t22-/m0/s1. The van der Waals surface area contributed by atoms with Crippen LogP contribution in [-0.2, 0) is 14.8 Å². The minimum atomic E-state index is -3.90. The molecule has 0 spiro atoms.